The van der Waals surface area contributed by atoms with Crippen molar-refractivity contribution in [3.05, 3.63) is 82.7 Å². The molecule has 1 heterocycles. The summed E-state index contributed by atoms with van der Waals surface area (Å²) < 4.78 is 11.9. The molecule has 0 saturated carbocycles. The Labute approximate surface area is 186 Å². The molecule has 3 aromatic rings. The maximum absolute atomic E-state index is 12.7. The minimum Gasteiger partial charge on any atom is -0.497 e. The number of nitrogens with one attached hydrogen (secondary N) is 1. The largest absolute Gasteiger partial charge is 0.497 e. The van der Waals surface area contributed by atoms with Gasteiger partial charge in [0.25, 0.3) is 5.91 Å². The molecule has 0 unspecified atom stereocenters. The predicted octanol–water partition coefficient (Wildman–Crippen LogP) is 4.44. The first-order valence-corrected chi connectivity index (χ1v) is 9.83. The number of carbonyl (C=O) groups excluding carboxylic acids is 2. The zero-order valence-corrected chi connectivity index (χ0v) is 18.3. The molecule has 0 atom stereocenters. The van der Waals surface area contributed by atoms with Crippen LogP contribution in [0.1, 0.15) is 27.3 Å². The summed E-state index contributed by atoms with van der Waals surface area (Å²) in [5.41, 5.74) is 3.92. The van der Waals surface area contributed by atoms with E-state index in [2.05, 4.69) is 5.32 Å². The summed E-state index contributed by atoms with van der Waals surface area (Å²) in [4.78, 5) is 24.9. The maximum atomic E-state index is 12.7. The number of methoxy groups -OCH3 is 2. The minimum absolute atomic E-state index is 0.0395. The molecule has 32 heavy (non-hydrogen) atoms. The minimum atomic E-state index is -0.516. The number of benzene rings is 2. The molecule has 0 saturated heterocycles. The van der Waals surface area contributed by atoms with Gasteiger partial charge in [-0.3, -0.25) is 4.79 Å². The van der Waals surface area contributed by atoms with Crippen LogP contribution in [0, 0.1) is 25.2 Å². The molecule has 0 bridgehead atoms. The van der Waals surface area contributed by atoms with E-state index in [0.29, 0.717) is 28.3 Å². The molecule has 0 spiro atoms. The lowest BCUT2D eigenvalue weighted by Crippen LogP contribution is -2.13. The maximum Gasteiger partial charge on any atom is 0.339 e. The van der Waals surface area contributed by atoms with Crippen molar-refractivity contribution >= 4 is 23.6 Å². The van der Waals surface area contributed by atoms with Gasteiger partial charge in [0.15, 0.2) is 0 Å². The Balaban J connectivity index is 1.96. The van der Waals surface area contributed by atoms with Crippen molar-refractivity contribution < 1.29 is 19.1 Å². The lowest BCUT2D eigenvalue weighted by atomic mass is 10.1. The van der Waals surface area contributed by atoms with Crippen molar-refractivity contribution in [2.45, 2.75) is 13.8 Å². The van der Waals surface area contributed by atoms with Crippen LogP contribution in [-0.4, -0.2) is 30.7 Å². The summed E-state index contributed by atoms with van der Waals surface area (Å²) in [5, 5.41) is 12.3. The first-order chi connectivity index (χ1) is 15.4. The Morgan fingerprint density at radius 2 is 1.75 bits per heavy atom. The zero-order chi connectivity index (χ0) is 23.3. The molecule has 7 nitrogen and oxygen atoms in total. The summed E-state index contributed by atoms with van der Waals surface area (Å²) in [6, 6.07) is 17.8. The number of nitriles is 1. The second-order valence-electron chi connectivity index (χ2n) is 7.02. The quantitative estimate of drug-likeness (QED) is 0.355. The molecule has 0 aliphatic rings. The highest BCUT2D eigenvalue weighted by Crippen LogP contribution is 2.26. The molecular weight excluding hydrogens is 406 g/mol. The SMILES string of the molecule is COC(=O)c1ccccc1-n1c(C)cc(/C=C(\C#N)C(=O)Nc2ccc(OC)cc2)c1C. The van der Waals surface area contributed by atoms with Gasteiger partial charge in [-0.25, -0.2) is 4.79 Å². The lowest BCUT2D eigenvalue weighted by Gasteiger charge is -2.13. The van der Waals surface area contributed by atoms with Crippen LogP contribution in [0.5, 0.6) is 5.75 Å². The summed E-state index contributed by atoms with van der Waals surface area (Å²) >= 11 is 0. The van der Waals surface area contributed by atoms with Crippen molar-refractivity contribution in [3.63, 3.8) is 0 Å². The summed E-state index contributed by atoms with van der Waals surface area (Å²) in [6.07, 6.45) is 1.54. The highest BCUT2D eigenvalue weighted by molar-refractivity contribution is 6.09. The molecule has 0 aliphatic carbocycles. The van der Waals surface area contributed by atoms with Crippen LogP contribution >= 0.6 is 0 Å². The van der Waals surface area contributed by atoms with Crippen LogP contribution in [0.25, 0.3) is 11.8 Å². The van der Waals surface area contributed by atoms with E-state index >= 15 is 0 Å². The van der Waals surface area contributed by atoms with Crippen molar-refractivity contribution in [1.82, 2.24) is 4.57 Å². The Morgan fingerprint density at radius 1 is 1.06 bits per heavy atom. The van der Waals surface area contributed by atoms with Crippen molar-refractivity contribution in [3.8, 4) is 17.5 Å². The van der Waals surface area contributed by atoms with E-state index in [4.69, 9.17) is 9.47 Å². The molecule has 7 heteroatoms. The van der Waals surface area contributed by atoms with E-state index in [9.17, 15) is 14.9 Å². The molecule has 2 aromatic carbocycles. The number of ether oxygens (including phenoxy) is 2. The number of carbonyl (C=O) groups is 2. The average Bonchev–Trinajstić information content (AvgIpc) is 3.09. The Kier molecular flexibility index (Phi) is 6.76. The number of rotatable bonds is 6. The summed E-state index contributed by atoms with van der Waals surface area (Å²) in [5.74, 6) is -0.294. The number of aromatic nitrogens is 1. The first kappa shape index (κ1) is 22.4. The van der Waals surface area contributed by atoms with Gasteiger partial charge >= 0.3 is 5.97 Å². The Bertz CT molecular complexity index is 1230. The third kappa shape index (κ3) is 4.55. The van der Waals surface area contributed by atoms with Crippen LogP contribution in [0.2, 0.25) is 0 Å². The van der Waals surface area contributed by atoms with E-state index in [-0.39, 0.29) is 5.57 Å². The van der Waals surface area contributed by atoms with Gasteiger partial charge in [0.2, 0.25) is 0 Å². The second-order valence-corrected chi connectivity index (χ2v) is 7.02. The number of aryl methyl sites for hydroxylation is 1. The molecule has 0 aliphatic heterocycles. The van der Waals surface area contributed by atoms with Crippen LogP contribution < -0.4 is 10.1 Å². The van der Waals surface area contributed by atoms with E-state index in [0.717, 1.165) is 11.4 Å². The number of anilines is 1. The van der Waals surface area contributed by atoms with Gasteiger partial charge in [0.1, 0.15) is 17.4 Å². The van der Waals surface area contributed by atoms with Crippen LogP contribution in [-0.2, 0) is 9.53 Å². The smallest absolute Gasteiger partial charge is 0.339 e. The lowest BCUT2D eigenvalue weighted by molar-refractivity contribution is -0.112. The fourth-order valence-corrected chi connectivity index (χ4v) is 3.43. The van der Waals surface area contributed by atoms with Crippen LogP contribution in [0.4, 0.5) is 5.69 Å². The molecule has 3 rings (SSSR count). The topological polar surface area (TPSA) is 93.4 Å². The van der Waals surface area contributed by atoms with Crippen molar-refractivity contribution in [1.29, 1.82) is 5.26 Å². The van der Waals surface area contributed by atoms with E-state index in [1.165, 1.54) is 7.11 Å². The van der Waals surface area contributed by atoms with Gasteiger partial charge in [-0.15, -0.1) is 0 Å². The molecule has 1 aromatic heterocycles. The fourth-order valence-electron chi connectivity index (χ4n) is 3.43. The molecule has 162 valence electrons. The molecule has 0 fully saturated rings. The fraction of sp³-hybridized carbons (Fsp3) is 0.160. The van der Waals surface area contributed by atoms with E-state index < -0.39 is 11.9 Å². The third-order valence-electron chi connectivity index (χ3n) is 5.03. The number of amides is 1. The second kappa shape index (κ2) is 9.67. The third-order valence-corrected chi connectivity index (χ3v) is 5.03. The van der Waals surface area contributed by atoms with Crippen molar-refractivity contribution in [2.24, 2.45) is 0 Å². The van der Waals surface area contributed by atoms with Gasteiger partial charge in [-0.05, 0) is 68.0 Å². The van der Waals surface area contributed by atoms with E-state index in [1.54, 1.807) is 49.6 Å². The Morgan fingerprint density at radius 3 is 2.38 bits per heavy atom. The first-order valence-electron chi connectivity index (χ1n) is 9.83. The number of hydrogen-bond acceptors (Lipinski definition) is 5. The van der Waals surface area contributed by atoms with Gasteiger partial charge in [0.05, 0.1) is 25.5 Å². The average molecular weight is 429 g/mol. The highest BCUT2D eigenvalue weighted by Gasteiger charge is 2.18. The molecule has 1 N–H and O–H groups in total. The number of hydrogen-bond donors (Lipinski definition) is 1. The standard InChI is InChI=1S/C25H23N3O4/c1-16-13-18(17(2)28(16)23-8-6-5-7-22(23)25(30)32-4)14-19(15-26)24(29)27-20-9-11-21(31-3)12-10-20/h5-14H,1-4H3,(H,27,29)/b19-14+. The van der Waals surface area contributed by atoms with Gasteiger partial charge in [-0.1, -0.05) is 12.1 Å². The van der Waals surface area contributed by atoms with E-state index in [1.807, 2.05) is 42.7 Å². The number of para-hydroxylation sites is 1. The van der Waals surface area contributed by atoms with Gasteiger partial charge < -0.3 is 19.4 Å². The van der Waals surface area contributed by atoms with Gasteiger partial charge in [-0.2, -0.15) is 5.26 Å². The number of nitrogens with zero attached hydrogens (tertiary/aromatic N) is 2. The molecule has 1 amide bonds. The van der Waals surface area contributed by atoms with Crippen LogP contribution in [0.15, 0.2) is 60.2 Å². The van der Waals surface area contributed by atoms with Gasteiger partial charge in [0, 0.05) is 17.1 Å². The van der Waals surface area contributed by atoms with Crippen molar-refractivity contribution in [2.75, 3.05) is 19.5 Å². The summed E-state index contributed by atoms with van der Waals surface area (Å²) in [7, 11) is 2.90. The highest BCUT2D eigenvalue weighted by atomic mass is 16.5. The normalized spacial score (nSPS) is 10.9. The number of esters is 1. The zero-order valence-electron chi connectivity index (χ0n) is 18.3. The Hall–Kier alpha value is -4.31. The monoisotopic (exact) mass is 429 g/mol. The molecule has 0 radical (unpaired) electrons. The predicted molar refractivity (Wildman–Crippen MR) is 122 cm³/mol. The summed E-state index contributed by atoms with van der Waals surface area (Å²) in [6.45, 7) is 3.76. The van der Waals surface area contributed by atoms with Crippen LogP contribution in [0.3, 0.4) is 0 Å². The molecular formula is C25H23N3O4.